The van der Waals surface area contributed by atoms with Crippen molar-refractivity contribution in [1.29, 1.82) is 0 Å². The van der Waals surface area contributed by atoms with Crippen LogP contribution in [0.3, 0.4) is 0 Å². The molecule has 7 atom stereocenters. The summed E-state index contributed by atoms with van der Waals surface area (Å²) in [6.07, 6.45) is -1.35. The molecule has 51 heavy (non-hydrogen) atoms. The first kappa shape index (κ1) is 37.8. The number of hydrogen-bond donors (Lipinski definition) is 5. The fourth-order valence-electron chi connectivity index (χ4n) is 6.74. The highest BCUT2D eigenvalue weighted by atomic mass is 16.8. The van der Waals surface area contributed by atoms with E-state index in [0.717, 1.165) is 0 Å². The van der Waals surface area contributed by atoms with E-state index in [1.807, 2.05) is 13.8 Å². The van der Waals surface area contributed by atoms with Gasteiger partial charge in [-0.25, -0.2) is 14.3 Å². The number of carbonyl (C=O) groups is 3. The highest BCUT2D eigenvalue weighted by molar-refractivity contribution is 5.97. The van der Waals surface area contributed by atoms with Crippen LogP contribution in [0.1, 0.15) is 70.4 Å². The first-order chi connectivity index (χ1) is 24.4. The lowest BCUT2D eigenvalue weighted by molar-refractivity contribution is -0.154. The summed E-state index contributed by atoms with van der Waals surface area (Å²) < 4.78 is 21.2. The Labute approximate surface area is 294 Å². The number of Topliss-reactive ketones (excluding diaryl/α,β-unsaturated/α-hetero) is 1. The molecule has 0 radical (unpaired) electrons. The van der Waals surface area contributed by atoms with Crippen molar-refractivity contribution in [1.82, 2.24) is 24.4 Å². The number of nitrogens with two attached hydrogens (primary N) is 1. The monoisotopic (exact) mass is 709 g/mol. The van der Waals surface area contributed by atoms with Crippen LogP contribution in [0.15, 0.2) is 46.5 Å². The number of aliphatic hydroxyl groups is 1. The number of benzene rings is 1. The lowest BCUT2D eigenvalue weighted by Gasteiger charge is -2.23. The van der Waals surface area contributed by atoms with Crippen LogP contribution in [-0.2, 0) is 35.1 Å². The van der Waals surface area contributed by atoms with Crippen LogP contribution >= 0.6 is 0 Å². The second-order valence-corrected chi connectivity index (χ2v) is 13.3. The largest absolute Gasteiger partial charge is 0.394 e. The molecule has 16 heteroatoms. The van der Waals surface area contributed by atoms with E-state index in [-0.39, 0.29) is 47.6 Å². The molecule has 2 amide bonds. The number of H-pyrrole nitrogens is 1. The Kier molecular flexibility index (Phi) is 12.0. The van der Waals surface area contributed by atoms with E-state index in [1.165, 1.54) is 22.1 Å². The van der Waals surface area contributed by atoms with Gasteiger partial charge in [0.2, 0.25) is 11.8 Å². The molecular weight excluding hydrogens is 662 g/mol. The Morgan fingerprint density at radius 2 is 1.90 bits per heavy atom. The number of nitrogens with one attached hydrogen (secondary N) is 3. The highest BCUT2D eigenvalue weighted by Gasteiger charge is 2.54. The van der Waals surface area contributed by atoms with Crippen molar-refractivity contribution in [2.75, 3.05) is 18.5 Å². The van der Waals surface area contributed by atoms with Crippen LogP contribution in [0.2, 0.25) is 0 Å². The van der Waals surface area contributed by atoms with E-state index in [4.69, 9.17) is 19.9 Å². The minimum absolute atomic E-state index is 0.0501. The van der Waals surface area contributed by atoms with Crippen LogP contribution in [0.4, 0.5) is 5.69 Å². The maximum Gasteiger partial charge on any atom is 0.333 e. The zero-order valence-electron chi connectivity index (χ0n) is 29.3. The molecule has 16 nitrogen and oxygen atoms in total. The van der Waals surface area contributed by atoms with Crippen molar-refractivity contribution in [3.8, 4) is 0 Å². The average molecular weight is 710 g/mol. The number of nitrogens with zero attached hydrogens (tertiary/aromatic N) is 3. The third-order valence-corrected chi connectivity index (χ3v) is 9.15. The molecule has 1 unspecified atom stereocenters. The standard InChI is InChI=1S/C35H47N7O9/c1-6-14-41-27-30(37-19(4)38-32(27)47)42(35(41)48)33-29-28(25(17-43)49-33)50-34(51-29)22-11-9-12-23(15-22)40-31(46)21(10-7-8-13-36)16-24(45)26(18(2)3)39-20(5)44/h6,9,11-12,15,18,21,25-26,28-29,33-34,43H,1,7-8,10,13-14,16-17,36H2,2-5H3,(H,39,44)(H,40,46)(H,37,38,47)/t21-,25-,26+,28-,29-,33-,34?/m1/s1. The number of allylic oxidation sites excluding steroid dienone is 1. The van der Waals surface area contributed by atoms with Gasteiger partial charge in [0.15, 0.2) is 29.5 Å². The summed E-state index contributed by atoms with van der Waals surface area (Å²) >= 11 is 0. The number of ketones is 1. The smallest absolute Gasteiger partial charge is 0.333 e. The second-order valence-electron chi connectivity index (χ2n) is 13.3. The van der Waals surface area contributed by atoms with Gasteiger partial charge in [0.25, 0.3) is 5.56 Å². The highest BCUT2D eigenvalue weighted by Crippen LogP contribution is 2.44. The maximum absolute atomic E-state index is 13.7. The Morgan fingerprint density at radius 3 is 2.57 bits per heavy atom. The van der Waals surface area contributed by atoms with Crippen LogP contribution < -0.4 is 27.6 Å². The van der Waals surface area contributed by atoms with Crippen molar-refractivity contribution >= 4 is 34.4 Å². The molecule has 2 aliphatic heterocycles. The summed E-state index contributed by atoms with van der Waals surface area (Å²) in [4.78, 5) is 72.3. The molecule has 3 aromatic rings. The topological polar surface area (TPSA) is 222 Å². The van der Waals surface area contributed by atoms with Crippen LogP contribution in [0.5, 0.6) is 0 Å². The van der Waals surface area contributed by atoms with Crippen molar-refractivity contribution in [3.05, 3.63) is 69.1 Å². The van der Waals surface area contributed by atoms with Crippen LogP contribution in [0.25, 0.3) is 11.2 Å². The number of unbranched alkanes of at least 4 members (excludes halogenated alkanes) is 1. The molecule has 2 aromatic heterocycles. The van der Waals surface area contributed by atoms with E-state index in [9.17, 15) is 29.1 Å². The molecule has 2 fully saturated rings. The number of ether oxygens (including phenoxy) is 3. The Morgan fingerprint density at radius 1 is 1.16 bits per heavy atom. The quantitative estimate of drug-likeness (QED) is 0.106. The van der Waals surface area contributed by atoms with Gasteiger partial charge in [-0.05, 0) is 44.4 Å². The number of hydrogen-bond acceptors (Lipinski definition) is 11. The van der Waals surface area contributed by atoms with Gasteiger partial charge in [0, 0.05) is 37.1 Å². The molecule has 2 aliphatic rings. The van der Waals surface area contributed by atoms with Gasteiger partial charge >= 0.3 is 5.69 Å². The minimum atomic E-state index is -1.09. The average Bonchev–Trinajstić information content (AvgIpc) is 3.74. The minimum Gasteiger partial charge on any atom is -0.394 e. The van der Waals surface area contributed by atoms with E-state index in [1.54, 1.807) is 31.2 Å². The number of fused-ring (bicyclic) bond motifs is 2. The maximum atomic E-state index is 13.7. The van der Waals surface area contributed by atoms with E-state index < -0.39 is 60.6 Å². The summed E-state index contributed by atoms with van der Waals surface area (Å²) in [6, 6.07) is 6.15. The molecule has 2 saturated heterocycles. The summed E-state index contributed by atoms with van der Waals surface area (Å²) in [5, 5.41) is 15.8. The second kappa shape index (κ2) is 16.2. The Balaban J connectivity index is 1.37. The Hall–Kier alpha value is -4.48. The first-order valence-corrected chi connectivity index (χ1v) is 17.2. The number of amides is 2. The van der Waals surface area contributed by atoms with Crippen molar-refractivity contribution in [2.24, 2.45) is 17.6 Å². The number of imidazole rings is 1. The number of carbonyl (C=O) groups excluding carboxylic acids is 3. The molecule has 0 aliphatic carbocycles. The summed E-state index contributed by atoms with van der Waals surface area (Å²) in [5.74, 6) is -1.41. The van der Waals surface area contributed by atoms with Gasteiger partial charge in [0.1, 0.15) is 24.1 Å². The number of aromatic nitrogens is 4. The zero-order valence-corrected chi connectivity index (χ0v) is 29.3. The van der Waals surface area contributed by atoms with Gasteiger partial charge in [0.05, 0.1) is 12.6 Å². The van der Waals surface area contributed by atoms with Crippen molar-refractivity contribution in [3.63, 3.8) is 0 Å². The third kappa shape index (κ3) is 8.05. The third-order valence-electron chi connectivity index (χ3n) is 9.15. The first-order valence-electron chi connectivity index (χ1n) is 17.2. The summed E-state index contributed by atoms with van der Waals surface area (Å²) in [6.45, 7) is 10.4. The van der Waals surface area contributed by atoms with Gasteiger partial charge in [-0.1, -0.05) is 38.5 Å². The van der Waals surface area contributed by atoms with Gasteiger partial charge in [-0.15, -0.1) is 6.58 Å². The fraction of sp³-hybridized carbons (Fsp3) is 0.543. The molecule has 5 rings (SSSR count). The van der Waals surface area contributed by atoms with Crippen LogP contribution in [0, 0.1) is 18.8 Å². The fourth-order valence-corrected chi connectivity index (χ4v) is 6.74. The molecule has 0 saturated carbocycles. The summed E-state index contributed by atoms with van der Waals surface area (Å²) in [5.41, 5.74) is 5.76. The molecule has 0 spiro atoms. The number of anilines is 1. The number of rotatable bonds is 16. The number of aromatic amines is 1. The Bertz CT molecular complexity index is 1880. The predicted molar refractivity (Wildman–Crippen MR) is 187 cm³/mol. The van der Waals surface area contributed by atoms with Crippen molar-refractivity contribution < 1.29 is 33.7 Å². The molecule has 1 aromatic carbocycles. The molecule has 0 bridgehead atoms. The lowest BCUT2D eigenvalue weighted by atomic mass is 9.89. The SMILES string of the molecule is C=CCn1c(=O)n([C@@H]2O[C@H](CO)[C@H]3OC(c4cccc(NC(=O)[C@H](CCCCN)CC(=O)[C@@H](NC(C)=O)C(C)C)c4)O[C@H]32)c2nc(C)[nH]c(=O)c21. The zero-order chi connectivity index (χ0) is 37.0. The van der Waals surface area contributed by atoms with Crippen molar-refractivity contribution in [2.45, 2.75) is 96.8 Å². The molecule has 4 heterocycles. The van der Waals surface area contributed by atoms with E-state index in [2.05, 4.69) is 27.2 Å². The summed E-state index contributed by atoms with van der Waals surface area (Å²) in [7, 11) is 0. The van der Waals surface area contributed by atoms with E-state index >= 15 is 0 Å². The number of aryl methyl sites for hydroxylation is 1. The van der Waals surface area contributed by atoms with Gasteiger partial charge in [-0.2, -0.15) is 0 Å². The number of aliphatic hydroxyl groups excluding tert-OH is 1. The molecule has 6 N–H and O–H groups in total. The lowest BCUT2D eigenvalue weighted by Crippen LogP contribution is -2.44. The molecule has 276 valence electrons. The van der Waals surface area contributed by atoms with Crippen LogP contribution in [-0.4, -0.2) is 79.3 Å². The predicted octanol–water partition coefficient (Wildman–Crippen LogP) is 1.56. The normalized spacial score (nSPS) is 22.5. The molecular formula is C35H47N7O9. The van der Waals surface area contributed by atoms with Gasteiger partial charge in [-0.3, -0.25) is 23.7 Å². The van der Waals surface area contributed by atoms with E-state index in [0.29, 0.717) is 42.9 Å². The van der Waals surface area contributed by atoms with Gasteiger partial charge < -0.3 is 40.7 Å².